The molecule has 0 saturated heterocycles. The Bertz CT molecular complexity index is 390. The fourth-order valence-electron chi connectivity index (χ4n) is 1.80. The van der Waals surface area contributed by atoms with E-state index in [0.717, 1.165) is 6.42 Å². The molecule has 1 unspecified atom stereocenters. The molecular weight excluding hydrogens is 238 g/mol. The minimum Gasteiger partial charge on any atom is -0.350 e. The van der Waals surface area contributed by atoms with Crippen LogP contribution >= 0.6 is 0 Å². The van der Waals surface area contributed by atoms with E-state index in [1.54, 1.807) is 24.7 Å². The van der Waals surface area contributed by atoms with Crippen molar-refractivity contribution in [2.75, 3.05) is 0 Å². The van der Waals surface area contributed by atoms with Crippen LogP contribution in [0.5, 0.6) is 0 Å². The first-order chi connectivity index (χ1) is 9.22. The summed E-state index contributed by atoms with van der Waals surface area (Å²) in [5, 5.41) is 2.95. The van der Waals surface area contributed by atoms with Crippen molar-refractivity contribution in [3.8, 4) is 0 Å². The molecule has 0 aliphatic rings. The highest BCUT2D eigenvalue weighted by molar-refractivity contribution is 5.91. The van der Waals surface area contributed by atoms with Crippen LogP contribution in [0.3, 0.4) is 0 Å². The van der Waals surface area contributed by atoms with Crippen molar-refractivity contribution >= 4 is 12.0 Å². The molecule has 19 heavy (non-hydrogen) atoms. The van der Waals surface area contributed by atoms with Gasteiger partial charge in [0, 0.05) is 24.5 Å². The first-order valence-electron chi connectivity index (χ1n) is 6.97. The van der Waals surface area contributed by atoms with E-state index >= 15 is 0 Å². The third-order valence-electron chi connectivity index (χ3n) is 2.87. The maximum absolute atomic E-state index is 11.7. The van der Waals surface area contributed by atoms with Gasteiger partial charge in [0.2, 0.25) is 5.91 Å². The van der Waals surface area contributed by atoms with Gasteiger partial charge < -0.3 is 5.32 Å². The fourth-order valence-corrected chi connectivity index (χ4v) is 1.80. The van der Waals surface area contributed by atoms with Crippen molar-refractivity contribution in [2.45, 2.75) is 52.0 Å². The second-order valence-electron chi connectivity index (χ2n) is 4.72. The van der Waals surface area contributed by atoms with E-state index in [2.05, 4.69) is 22.2 Å². The van der Waals surface area contributed by atoms with Crippen molar-refractivity contribution in [1.29, 1.82) is 0 Å². The van der Waals surface area contributed by atoms with Crippen molar-refractivity contribution in [1.82, 2.24) is 15.3 Å². The number of hydrogen-bond donors (Lipinski definition) is 1. The van der Waals surface area contributed by atoms with Crippen LogP contribution in [0.15, 0.2) is 24.7 Å². The third kappa shape index (κ3) is 7.34. The van der Waals surface area contributed by atoms with Crippen molar-refractivity contribution in [2.24, 2.45) is 0 Å². The summed E-state index contributed by atoms with van der Waals surface area (Å²) in [6.07, 6.45) is 14.0. The maximum atomic E-state index is 11.7. The van der Waals surface area contributed by atoms with E-state index in [0.29, 0.717) is 5.69 Å². The van der Waals surface area contributed by atoms with Crippen LogP contribution in [-0.2, 0) is 4.79 Å². The molecule has 0 saturated carbocycles. The second-order valence-corrected chi connectivity index (χ2v) is 4.72. The summed E-state index contributed by atoms with van der Waals surface area (Å²) in [5.41, 5.74) is 0.688. The molecule has 0 aliphatic heterocycles. The van der Waals surface area contributed by atoms with Gasteiger partial charge in [-0.05, 0) is 19.4 Å². The SMILES string of the molecule is CCCCCCC(C)NC(=O)C=Cc1cnccn1. The van der Waals surface area contributed by atoms with Gasteiger partial charge in [-0.25, -0.2) is 0 Å². The summed E-state index contributed by atoms with van der Waals surface area (Å²) in [7, 11) is 0. The number of amides is 1. The number of nitrogens with zero attached hydrogens (tertiary/aromatic N) is 2. The van der Waals surface area contributed by atoms with Crippen LogP contribution in [0, 0.1) is 0 Å². The standard InChI is InChI=1S/C15H23N3O/c1-3-4-5-6-7-13(2)18-15(19)9-8-14-12-16-10-11-17-14/h8-13H,3-7H2,1-2H3,(H,18,19). The molecule has 1 amide bonds. The van der Waals surface area contributed by atoms with E-state index in [1.807, 2.05) is 6.92 Å². The zero-order valence-electron chi connectivity index (χ0n) is 11.8. The Labute approximate surface area is 115 Å². The lowest BCUT2D eigenvalue weighted by molar-refractivity contribution is -0.117. The molecule has 0 aliphatic carbocycles. The van der Waals surface area contributed by atoms with Gasteiger partial charge in [-0.15, -0.1) is 0 Å². The van der Waals surface area contributed by atoms with Gasteiger partial charge >= 0.3 is 0 Å². The molecule has 0 aromatic carbocycles. The number of aromatic nitrogens is 2. The summed E-state index contributed by atoms with van der Waals surface area (Å²) in [5.74, 6) is -0.0753. The molecule has 1 rings (SSSR count). The third-order valence-corrected chi connectivity index (χ3v) is 2.87. The lowest BCUT2D eigenvalue weighted by atomic mass is 10.1. The molecule has 1 aromatic heterocycles. The minimum atomic E-state index is -0.0753. The number of hydrogen-bond acceptors (Lipinski definition) is 3. The molecule has 0 spiro atoms. The zero-order valence-corrected chi connectivity index (χ0v) is 11.8. The smallest absolute Gasteiger partial charge is 0.244 e. The zero-order chi connectivity index (χ0) is 13.9. The number of nitrogens with one attached hydrogen (secondary N) is 1. The van der Waals surface area contributed by atoms with Crippen LogP contribution in [0.4, 0.5) is 0 Å². The van der Waals surface area contributed by atoms with E-state index < -0.39 is 0 Å². The molecule has 0 radical (unpaired) electrons. The van der Waals surface area contributed by atoms with Gasteiger partial charge in [0.15, 0.2) is 0 Å². The highest BCUT2D eigenvalue weighted by Crippen LogP contribution is 2.05. The highest BCUT2D eigenvalue weighted by atomic mass is 16.1. The van der Waals surface area contributed by atoms with Gasteiger partial charge in [-0.2, -0.15) is 0 Å². The van der Waals surface area contributed by atoms with Gasteiger partial charge in [-0.3, -0.25) is 14.8 Å². The lowest BCUT2D eigenvalue weighted by Gasteiger charge is -2.11. The number of carbonyl (C=O) groups is 1. The van der Waals surface area contributed by atoms with Crippen LogP contribution in [0.1, 0.15) is 51.6 Å². The van der Waals surface area contributed by atoms with Crippen LogP contribution in [0.25, 0.3) is 6.08 Å². The van der Waals surface area contributed by atoms with Crippen molar-refractivity contribution < 1.29 is 4.79 Å². The van der Waals surface area contributed by atoms with E-state index in [9.17, 15) is 4.79 Å². The molecule has 104 valence electrons. The molecule has 4 heteroatoms. The minimum absolute atomic E-state index is 0.0753. The van der Waals surface area contributed by atoms with Crippen LogP contribution in [0.2, 0.25) is 0 Å². The van der Waals surface area contributed by atoms with Crippen molar-refractivity contribution in [3.63, 3.8) is 0 Å². The van der Waals surface area contributed by atoms with E-state index in [-0.39, 0.29) is 11.9 Å². The molecule has 0 bridgehead atoms. The Morgan fingerprint density at radius 1 is 1.37 bits per heavy atom. The molecule has 4 nitrogen and oxygen atoms in total. The summed E-state index contributed by atoms with van der Waals surface area (Å²) in [6, 6.07) is 0.218. The molecule has 1 N–H and O–H groups in total. The summed E-state index contributed by atoms with van der Waals surface area (Å²) in [4.78, 5) is 19.7. The second kappa shape index (κ2) is 9.25. The van der Waals surface area contributed by atoms with Gasteiger partial charge in [-0.1, -0.05) is 32.6 Å². The maximum Gasteiger partial charge on any atom is 0.244 e. The molecular formula is C15H23N3O. The summed E-state index contributed by atoms with van der Waals surface area (Å²) >= 11 is 0. The number of rotatable bonds is 8. The average Bonchev–Trinajstić information content (AvgIpc) is 2.42. The molecule has 1 atom stereocenters. The van der Waals surface area contributed by atoms with Crippen molar-refractivity contribution in [3.05, 3.63) is 30.4 Å². The van der Waals surface area contributed by atoms with Crippen LogP contribution < -0.4 is 5.32 Å². The molecule has 1 heterocycles. The van der Waals surface area contributed by atoms with E-state index in [1.165, 1.54) is 31.8 Å². The Balaban J connectivity index is 2.25. The van der Waals surface area contributed by atoms with Gasteiger partial charge in [0.05, 0.1) is 11.9 Å². The summed E-state index contributed by atoms with van der Waals surface area (Å²) < 4.78 is 0. The summed E-state index contributed by atoms with van der Waals surface area (Å²) in [6.45, 7) is 4.24. The number of carbonyl (C=O) groups excluding carboxylic acids is 1. The Kier molecular flexibility index (Phi) is 7.47. The predicted molar refractivity (Wildman–Crippen MR) is 77.4 cm³/mol. The molecule has 1 aromatic rings. The average molecular weight is 261 g/mol. The number of unbranched alkanes of at least 4 members (excludes halogenated alkanes) is 3. The quantitative estimate of drug-likeness (QED) is 0.578. The topological polar surface area (TPSA) is 54.9 Å². The van der Waals surface area contributed by atoms with Gasteiger partial charge in [0.25, 0.3) is 0 Å². The Morgan fingerprint density at radius 3 is 2.89 bits per heavy atom. The largest absolute Gasteiger partial charge is 0.350 e. The van der Waals surface area contributed by atoms with Crippen LogP contribution in [-0.4, -0.2) is 21.9 Å². The Morgan fingerprint density at radius 2 is 2.21 bits per heavy atom. The Hall–Kier alpha value is -1.71. The lowest BCUT2D eigenvalue weighted by Crippen LogP contribution is -2.30. The normalized spacial score (nSPS) is 12.5. The predicted octanol–water partition coefficient (Wildman–Crippen LogP) is 2.96. The highest BCUT2D eigenvalue weighted by Gasteiger charge is 2.04. The monoisotopic (exact) mass is 261 g/mol. The first-order valence-corrected chi connectivity index (χ1v) is 6.97. The first kappa shape index (κ1) is 15.3. The van der Waals surface area contributed by atoms with E-state index in [4.69, 9.17) is 0 Å². The molecule has 0 fully saturated rings. The van der Waals surface area contributed by atoms with Gasteiger partial charge in [0.1, 0.15) is 0 Å². The fraction of sp³-hybridized carbons (Fsp3) is 0.533.